The van der Waals surface area contributed by atoms with Crippen molar-refractivity contribution in [2.24, 2.45) is 17.8 Å². The average molecular weight is 314 g/mol. The van der Waals surface area contributed by atoms with Crippen LogP contribution in [-0.4, -0.2) is 27.3 Å². The van der Waals surface area contributed by atoms with Crippen LogP contribution in [0.4, 0.5) is 18.9 Å². The molecule has 3 N–H and O–H groups in total. The summed E-state index contributed by atoms with van der Waals surface area (Å²) in [7, 11) is 1.68. The van der Waals surface area contributed by atoms with E-state index in [0.717, 1.165) is 0 Å². The smallest absolute Gasteiger partial charge is 0.406 e. The number of nitrogens with two attached hydrogens (primary N) is 1. The fourth-order valence-corrected chi connectivity index (χ4v) is 1.55. The fourth-order valence-electron chi connectivity index (χ4n) is 1.55. The van der Waals surface area contributed by atoms with Crippen LogP contribution < -0.4 is 15.8 Å². The highest BCUT2D eigenvalue weighted by molar-refractivity contribution is 5.92. The number of aromatic nitrogens is 3. The number of anilines is 1. The molecule has 0 saturated heterocycles. The highest BCUT2D eigenvalue weighted by Crippen LogP contribution is 2.23. The monoisotopic (exact) mass is 314 g/mol. The molecule has 1 heterocycles. The van der Waals surface area contributed by atoms with Crippen molar-refractivity contribution in [3.05, 3.63) is 36.2 Å². The molecule has 7 nitrogen and oxygen atoms in total. The molecule has 10 heteroatoms. The highest BCUT2D eigenvalue weighted by Gasteiger charge is 2.30. The number of rotatable bonds is 4. The molecular weight excluding hydrogens is 301 g/mol. The topological polar surface area (TPSA) is 90.4 Å². The van der Waals surface area contributed by atoms with Crippen molar-refractivity contribution in [1.29, 1.82) is 0 Å². The van der Waals surface area contributed by atoms with E-state index >= 15 is 0 Å². The zero-order valence-electron chi connectivity index (χ0n) is 11.5. The number of halogens is 3. The summed E-state index contributed by atoms with van der Waals surface area (Å²) >= 11 is 0. The zero-order chi connectivity index (χ0) is 16.2. The molecule has 22 heavy (non-hydrogen) atoms. The molecule has 0 aliphatic heterocycles. The molecule has 0 aliphatic carbocycles. The molecule has 0 spiro atoms. The Morgan fingerprint density at radius 2 is 2.05 bits per heavy atom. The molecule has 0 bridgehead atoms. The predicted octanol–water partition coefficient (Wildman–Crippen LogP) is 1.64. The van der Waals surface area contributed by atoms with Gasteiger partial charge in [0, 0.05) is 12.7 Å². The first-order valence-electron chi connectivity index (χ1n) is 6.10. The third-order valence-electron chi connectivity index (χ3n) is 2.42. The molecular formula is C12H13F3N6O. The van der Waals surface area contributed by atoms with Gasteiger partial charge in [-0.1, -0.05) is 0 Å². The van der Waals surface area contributed by atoms with E-state index in [1.165, 1.54) is 29.1 Å². The summed E-state index contributed by atoms with van der Waals surface area (Å²) in [6, 6.07) is 5.13. The second-order valence-electron chi connectivity index (χ2n) is 4.22. The molecule has 0 aliphatic rings. The number of nitrogens with one attached hydrogen (secondary N) is 1. The Morgan fingerprint density at radius 1 is 1.36 bits per heavy atom. The van der Waals surface area contributed by atoms with Crippen LogP contribution in [0.3, 0.4) is 0 Å². The Kier molecular flexibility index (Phi) is 4.49. The second-order valence-corrected chi connectivity index (χ2v) is 4.22. The molecule has 0 amide bonds. The number of hydrogen-bond donors (Lipinski definition) is 2. The molecule has 0 unspecified atom stereocenters. The minimum absolute atomic E-state index is 0.107. The molecule has 0 saturated carbocycles. The minimum Gasteiger partial charge on any atom is -0.406 e. The second kappa shape index (κ2) is 6.33. The van der Waals surface area contributed by atoms with Crippen molar-refractivity contribution < 1.29 is 17.9 Å². The van der Waals surface area contributed by atoms with Gasteiger partial charge in [-0.2, -0.15) is 15.0 Å². The van der Waals surface area contributed by atoms with Gasteiger partial charge in [0.05, 0.1) is 12.7 Å². The first-order valence-corrected chi connectivity index (χ1v) is 6.10. The van der Waals surface area contributed by atoms with Crippen LogP contribution in [0.5, 0.6) is 5.75 Å². The Morgan fingerprint density at radius 3 is 2.59 bits per heavy atom. The maximum absolute atomic E-state index is 12.0. The highest BCUT2D eigenvalue weighted by atomic mass is 19.4. The molecule has 2 aromatic rings. The van der Waals surface area contributed by atoms with E-state index in [4.69, 9.17) is 5.73 Å². The van der Waals surface area contributed by atoms with Crippen molar-refractivity contribution in [3.8, 4) is 5.75 Å². The van der Waals surface area contributed by atoms with Gasteiger partial charge in [-0.15, -0.1) is 13.2 Å². The predicted molar refractivity (Wildman–Crippen MR) is 73.1 cm³/mol. The zero-order valence-corrected chi connectivity index (χ0v) is 11.5. The normalized spacial score (nSPS) is 12.3. The first kappa shape index (κ1) is 15.6. The van der Waals surface area contributed by atoms with Gasteiger partial charge < -0.3 is 15.8 Å². The SMILES string of the molecule is Cn1ncc(CN=C(N)Nc2ccc(OC(F)(F)F)cc2)n1. The van der Waals surface area contributed by atoms with Crippen LogP contribution in [0.1, 0.15) is 5.69 Å². The summed E-state index contributed by atoms with van der Waals surface area (Å²) in [5.41, 5.74) is 6.79. The van der Waals surface area contributed by atoms with Gasteiger partial charge in [-0.3, -0.25) is 0 Å². The summed E-state index contributed by atoms with van der Waals surface area (Å²) in [5, 5.41) is 10.7. The Bertz CT molecular complexity index is 650. The number of nitrogens with zero attached hydrogens (tertiary/aromatic N) is 4. The van der Waals surface area contributed by atoms with E-state index < -0.39 is 6.36 Å². The average Bonchev–Trinajstić information content (AvgIpc) is 2.83. The van der Waals surface area contributed by atoms with Crippen molar-refractivity contribution in [2.45, 2.75) is 12.9 Å². The largest absolute Gasteiger partial charge is 0.573 e. The van der Waals surface area contributed by atoms with Gasteiger partial charge in [-0.25, -0.2) is 4.99 Å². The van der Waals surface area contributed by atoms with Crippen LogP contribution in [-0.2, 0) is 13.6 Å². The van der Waals surface area contributed by atoms with Gasteiger partial charge in [0.1, 0.15) is 11.4 Å². The molecule has 0 radical (unpaired) electrons. The lowest BCUT2D eigenvalue weighted by atomic mass is 10.3. The van der Waals surface area contributed by atoms with Crippen LogP contribution in [0.25, 0.3) is 0 Å². The lowest BCUT2D eigenvalue weighted by molar-refractivity contribution is -0.274. The molecule has 0 fully saturated rings. The number of ether oxygens (including phenoxy) is 1. The van der Waals surface area contributed by atoms with E-state index in [1.54, 1.807) is 13.2 Å². The molecule has 0 atom stereocenters. The number of alkyl halides is 3. The van der Waals surface area contributed by atoms with E-state index in [0.29, 0.717) is 11.4 Å². The fraction of sp³-hybridized carbons (Fsp3) is 0.250. The summed E-state index contributed by atoms with van der Waals surface area (Å²) in [5.74, 6) is -0.205. The maximum Gasteiger partial charge on any atom is 0.573 e. The molecule has 1 aromatic heterocycles. The Balaban J connectivity index is 1.92. The molecule has 2 rings (SSSR count). The van der Waals surface area contributed by atoms with Crippen LogP contribution >= 0.6 is 0 Å². The Labute approximate surface area is 123 Å². The van der Waals surface area contributed by atoms with E-state index in [-0.39, 0.29) is 18.3 Å². The van der Waals surface area contributed by atoms with Crippen molar-refractivity contribution in [2.75, 3.05) is 5.32 Å². The Hall–Kier alpha value is -2.78. The summed E-state index contributed by atoms with van der Waals surface area (Å²) < 4.78 is 39.8. The van der Waals surface area contributed by atoms with E-state index in [1.807, 2.05) is 0 Å². The van der Waals surface area contributed by atoms with Crippen LogP contribution in [0.15, 0.2) is 35.5 Å². The van der Waals surface area contributed by atoms with Gasteiger partial charge >= 0.3 is 6.36 Å². The number of aliphatic imine (C=N–C) groups is 1. The van der Waals surface area contributed by atoms with Crippen molar-refractivity contribution in [3.63, 3.8) is 0 Å². The van der Waals surface area contributed by atoms with Crippen LogP contribution in [0, 0.1) is 0 Å². The number of aryl methyl sites for hydroxylation is 1. The van der Waals surface area contributed by atoms with Crippen LogP contribution in [0.2, 0.25) is 0 Å². The number of benzene rings is 1. The van der Waals surface area contributed by atoms with Gasteiger partial charge in [0.25, 0.3) is 0 Å². The van der Waals surface area contributed by atoms with Gasteiger partial charge in [0.15, 0.2) is 5.96 Å². The minimum atomic E-state index is -4.72. The first-order chi connectivity index (χ1) is 10.3. The quantitative estimate of drug-likeness (QED) is 0.661. The summed E-state index contributed by atoms with van der Waals surface area (Å²) in [4.78, 5) is 5.44. The lowest BCUT2D eigenvalue weighted by Crippen LogP contribution is -2.22. The van der Waals surface area contributed by atoms with Gasteiger partial charge in [-0.05, 0) is 24.3 Å². The summed E-state index contributed by atoms with van der Waals surface area (Å²) in [6.45, 7) is 0.238. The third-order valence-corrected chi connectivity index (χ3v) is 2.42. The third kappa shape index (κ3) is 4.96. The molecule has 118 valence electrons. The standard InChI is InChI=1S/C12H13F3N6O/c1-21-18-7-9(20-21)6-17-11(16)19-8-2-4-10(5-3-8)22-12(13,14)15/h2-5,7H,6H2,1H3,(H3,16,17,19). The maximum atomic E-state index is 12.0. The lowest BCUT2D eigenvalue weighted by Gasteiger charge is -2.10. The van der Waals surface area contributed by atoms with Crippen molar-refractivity contribution >= 4 is 11.6 Å². The van der Waals surface area contributed by atoms with Gasteiger partial charge in [0.2, 0.25) is 0 Å². The van der Waals surface area contributed by atoms with Crippen molar-refractivity contribution in [1.82, 2.24) is 15.0 Å². The molecule has 1 aromatic carbocycles. The van der Waals surface area contributed by atoms with E-state index in [9.17, 15) is 13.2 Å². The summed E-state index contributed by atoms with van der Waals surface area (Å²) in [6.07, 6.45) is -3.16. The number of guanidine groups is 1. The number of hydrogen-bond acceptors (Lipinski definition) is 4. The van der Waals surface area contributed by atoms with E-state index in [2.05, 4.69) is 25.2 Å².